The topological polar surface area (TPSA) is 82.6 Å². The molecule has 1 saturated carbocycles. The summed E-state index contributed by atoms with van der Waals surface area (Å²) in [4.78, 5) is 4.77. The van der Waals surface area contributed by atoms with Crippen molar-refractivity contribution in [3.63, 3.8) is 0 Å². The minimum Gasteiger partial charge on any atom is -0.357 e. The Hall–Kier alpha value is -1.60. The number of nitrogens with zero attached hydrogens (tertiary/aromatic N) is 1. The molecule has 0 saturated heterocycles. The fraction of sp³-hybridized carbons (Fsp3) is 0.533. The zero-order valence-corrected chi connectivity index (χ0v) is 13.7. The number of hydrogen-bond acceptors (Lipinski definition) is 3. The van der Waals surface area contributed by atoms with Crippen molar-refractivity contribution >= 4 is 16.0 Å². The second-order valence-electron chi connectivity index (χ2n) is 5.30. The molecule has 6 nitrogen and oxygen atoms in total. The summed E-state index contributed by atoms with van der Waals surface area (Å²) in [6, 6.07) is 8.37. The van der Waals surface area contributed by atoms with Crippen molar-refractivity contribution in [1.29, 1.82) is 0 Å². The van der Waals surface area contributed by atoms with Crippen LogP contribution >= 0.6 is 0 Å². The Labute approximate surface area is 132 Å². The molecule has 22 heavy (non-hydrogen) atoms. The third-order valence-electron chi connectivity index (χ3n) is 3.31. The van der Waals surface area contributed by atoms with E-state index in [4.69, 9.17) is 0 Å². The molecule has 0 unspecified atom stereocenters. The van der Waals surface area contributed by atoms with Crippen molar-refractivity contribution in [3.05, 3.63) is 30.3 Å². The maximum absolute atomic E-state index is 12.0. The summed E-state index contributed by atoms with van der Waals surface area (Å²) >= 11 is 0. The van der Waals surface area contributed by atoms with Crippen molar-refractivity contribution in [2.24, 2.45) is 10.9 Å². The molecule has 0 spiro atoms. The highest BCUT2D eigenvalue weighted by molar-refractivity contribution is 7.89. The van der Waals surface area contributed by atoms with Crippen LogP contribution in [0.2, 0.25) is 0 Å². The molecule has 1 aliphatic carbocycles. The summed E-state index contributed by atoms with van der Waals surface area (Å²) in [6.45, 7) is 4.43. The summed E-state index contributed by atoms with van der Waals surface area (Å²) < 4.78 is 26.7. The fourth-order valence-corrected chi connectivity index (χ4v) is 2.96. The van der Waals surface area contributed by atoms with Crippen LogP contribution in [0.5, 0.6) is 0 Å². The third kappa shape index (κ3) is 5.65. The minimum atomic E-state index is -3.44. The number of aliphatic imine (C=N–C) groups is 1. The van der Waals surface area contributed by atoms with E-state index in [0.717, 1.165) is 25.0 Å². The highest BCUT2D eigenvalue weighted by Gasteiger charge is 2.20. The van der Waals surface area contributed by atoms with Gasteiger partial charge in [0, 0.05) is 26.2 Å². The van der Waals surface area contributed by atoms with E-state index in [9.17, 15) is 8.42 Å². The summed E-state index contributed by atoms with van der Waals surface area (Å²) in [5.41, 5.74) is 0. The maximum atomic E-state index is 12.0. The molecule has 0 aliphatic heterocycles. The molecular formula is C15H24N4O2S. The number of sulfonamides is 1. The van der Waals surface area contributed by atoms with Crippen LogP contribution < -0.4 is 15.4 Å². The first-order valence-corrected chi connectivity index (χ1v) is 9.17. The lowest BCUT2D eigenvalue weighted by atomic mass is 10.4. The Morgan fingerprint density at radius 1 is 1.18 bits per heavy atom. The van der Waals surface area contributed by atoms with Crippen LogP contribution in [0.15, 0.2) is 40.2 Å². The van der Waals surface area contributed by atoms with Gasteiger partial charge < -0.3 is 10.6 Å². The number of hydrogen-bond donors (Lipinski definition) is 3. The van der Waals surface area contributed by atoms with Gasteiger partial charge in [-0.1, -0.05) is 18.2 Å². The van der Waals surface area contributed by atoms with E-state index in [1.807, 2.05) is 6.92 Å². The number of rotatable bonds is 8. The molecule has 3 N–H and O–H groups in total. The molecule has 122 valence electrons. The van der Waals surface area contributed by atoms with Crippen LogP contribution in [0.1, 0.15) is 19.8 Å². The molecule has 1 aromatic rings. The van der Waals surface area contributed by atoms with E-state index in [-0.39, 0.29) is 4.90 Å². The van der Waals surface area contributed by atoms with Gasteiger partial charge in [-0.25, -0.2) is 13.1 Å². The summed E-state index contributed by atoms with van der Waals surface area (Å²) in [5.74, 6) is 1.47. The van der Waals surface area contributed by atoms with E-state index in [0.29, 0.717) is 13.1 Å². The van der Waals surface area contributed by atoms with Gasteiger partial charge in [-0.3, -0.25) is 4.99 Å². The zero-order valence-electron chi connectivity index (χ0n) is 12.9. The lowest BCUT2D eigenvalue weighted by molar-refractivity contribution is 0.580. The van der Waals surface area contributed by atoms with Crippen LogP contribution in [0.4, 0.5) is 0 Å². The molecule has 0 amide bonds. The highest BCUT2D eigenvalue weighted by atomic mass is 32.2. The lowest BCUT2D eigenvalue weighted by Gasteiger charge is -2.12. The smallest absolute Gasteiger partial charge is 0.240 e. The maximum Gasteiger partial charge on any atom is 0.240 e. The molecular weight excluding hydrogens is 300 g/mol. The van der Waals surface area contributed by atoms with Crippen LogP contribution in [0.25, 0.3) is 0 Å². The summed E-state index contributed by atoms with van der Waals surface area (Å²) in [5, 5.41) is 6.30. The average molecular weight is 324 g/mol. The molecule has 2 rings (SSSR count). The van der Waals surface area contributed by atoms with Gasteiger partial charge in [0.05, 0.1) is 4.90 Å². The summed E-state index contributed by atoms with van der Waals surface area (Å²) in [7, 11) is -3.44. The Morgan fingerprint density at radius 2 is 1.91 bits per heavy atom. The molecule has 1 aliphatic rings. The molecule has 7 heteroatoms. The van der Waals surface area contributed by atoms with Crippen molar-refractivity contribution in [3.8, 4) is 0 Å². The molecule has 0 bridgehead atoms. The first-order chi connectivity index (χ1) is 10.6. The first kappa shape index (κ1) is 16.8. The summed E-state index contributed by atoms with van der Waals surface area (Å²) in [6.07, 6.45) is 2.53. The van der Waals surface area contributed by atoms with Gasteiger partial charge in [0.2, 0.25) is 10.0 Å². The Morgan fingerprint density at radius 3 is 2.55 bits per heavy atom. The lowest BCUT2D eigenvalue weighted by Crippen LogP contribution is -2.41. The van der Waals surface area contributed by atoms with Gasteiger partial charge in [0.25, 0.3) is 0 Å². The molecule has 1 aromatic carbocycles. The van der Waals surface area contributed by atoms with Crippen molar-refractivity contribution in [2.75, 3.05) is 26.2 Å². The van der Waals surface area contributed by atoms with E-state index in [2.05, 4.69) is 20.3 Å². The predicted molar refractivity (Wildman–Crippen MR) is 88.3 cm³/mol. The quantitative estimate of drug-likeness (QED) is 0.377. The molecule has 0 atom stereocenters. The third-order valence-corrected chi connectivity index (χ3v) is 4.79. The predicted octanol–water partition coefficient (Wildman–Crippen LogP) is 0.930. The molecule has 0 aromatic heterocycles. The van der Waals surface area contributed by atoms with E-state index < -0.39 is 10.0 Å². The monoisotopic (exact) mass is 324 g/mol. The number of nitrogens with one attached hydrogen (secondary N) is 3. The Bertz CT molecular complexity index is 583. The SMILES string of the molecule is CCNC(=NCC1CC1)NCCNS(=O)(=O)c1ccccc1. The van der Waals surface area contributed by atoms with Crippen LogP contribution in [-0.4, -0.2) is 40.6 Å². The van der Waals surface area contributed by atoms with Crippen LogP contribution in [-0.2, 0) is 10.0 Å². The second kappa shape index (κ2) is 8.14. The van der Waals surface area contributed by atoms with Crippen LogP contribution in [0.3, 0.4) is 0 Å². The van der Waals surface area contributed by atoms with Gasteiger partial charge in [0.15, 0.2) is 5.96 Å². The minimum absolute atomic E-state index is 0.282. The van der Waals surface area contributed by atoms with E-state index in [1.54, 1.807) is 30.3 Å². The Balaban J connectivity index is 1.76. The van der Waals surface area contributed by atoms with Crippen molar-refractivity contribution in [1.82, 2.24) is 15.4 Å². The van der Waals surface area contributed by atoms with E-state index >= 15 is 0 Å². The standard InChI is InChI=1S/C15H24N4O2S/c1-2-16-15(18-12-13-8-9-13)17-10-11-19-22(20,21)14-6-4-3-5-7-14/h3-7,13,19H,2,8-12H2,1H3,(H2,16,17,18). The second-order valence-corrected chi connectivity index (χ2v) is 7.07. The van der Waals surface area contributed by atoms with Crippen molar-refractivity contribution < 1.29 is 8.42 Å². The fourth-order valence-electron chi connectivity index (χ4n) is 1.91. The van der Waals surface area contributed by atoms with Crippen LogP contribution in [0, 0.1) is 5.92 Å². The zero-order chi connectivity index (χ0) is 15.8. The van der Waals surface area contributed by atoms with Gasteiger partial charge in [-0.2, -0.15) is 0 Å². The van der Waals surface area contributed by atoms with Gasteiger partial charge in [-0.05, 0) is 37.8 Å². The normalized spacial score (nSPS) is 15.6. The average Bonchev–Trinajstić information content (AvgIpc) is 3.34. The molecule has 1 fully saturated rings. The molecule has 0 heterocycles. The van der Waals surface area contributed by atoms with Gasteiger partial charge in [0.1, 0.15) is 0 Å². The molecule has 0 radical (unpaired) electrons. The number of benzene rings is 1. The van der Waals surface area contributed by atoms with Crippen molar-refractivity contribution in [2.45, 2.75) is 24.7 Å². The van der Waals surface area contributed by atoms with Gasteiger partial charge in [-0.15, -0.1) is 0 Å². The Kier molecular flexibility index (Phi) is 6.21. The van der Waals surface area contributed by atoms with E-state index in [1.165, 1.54) is 12.8 Å². The number of guanidine groups is 1. The van der Waals surface area contributed by atoms with Gasteiger partial charge >= 0.3 is 0 Å². The highest BCUT2D eigenvalue weighted by Crippen LogP contribution is 2.28. The largest absolute Gasteiger partial charge is 0.357 e. The first-order valence-electron chi connectivity index (χ1n) is 7.68.